The molecule has 1 nitrogen and oxygen atoms in total. The van der Waals surface area contributed by atoms with E-state index in [0.717, 1.165) is 11.8 Å². The lowest BCUT2D eigenvalue weighted by atomic mass is 9.73. The van der Waals surface area contributed by atoms with Crippen LogP contribution in [0.25, 0.3) is 0 Å². The highest BCUT2D eigenvalue weighted by molar-refractivity contribution is 7.10. The van der Waals surface area contributed by atoms with Crippen LogP contribution in [0.1, 0.15) is 49.5 Å². The molecule has 16 heavy (non-hydrogen) atoms. The lowest BCUT2D eigenvalue weighted by Gasteiger charge is -2.36. The second-order valence-electron chi connectivity index (χ2n) is 5.56. The molecule has 0 amide bonds. The van der Waals surface area contributed by atoms with Crippen LogP contribution in [0.15, 0.2) is 11.4 Å². The summed E-state index contributed by atoms with van der Waals surface area (Å²) >= 11 is 1.89. The first kappa shape index (κ1) is 12.1. The smallest absolute Gasteiger partial charge is 0.0121 e. The molecule has 1 aliphatic rings. The quantitative estimate of drug-likeness (QED) is 0.829. The van der Waals surface area contributed by atoms with Crippen LogP contribution in [0.4, 0.5) is 0 Å². The van der Waals surface area contributed by atoms with Crippen molar-refractivity contribution in [2.45, 2.75) is 52.0 Å². The lowest BCUT2D eigenvalue weighted by molar-refractivity contribution is 0.234. The third-order valence-corrected chi connectivity index (χ3v) is 5.28. The Morgan fingerprint density at radius 3 is 2.69 bits per heavy atom. The Hall–Kier alpha value is -0.340. The van der Waals surface area contributed by atoms with E-state index in [2.05, 4.69) is 32.2 Å². The highest BCUT2D eigenvalue weighted by Gasteiger charge is 2.31. The summed E-state index contributed by atoms with van der Waals surface area (Å²) in [7, 11) is 0. The molecule has 1 saturated carbocycles. The third-order valence-electron chi connectivity index (χ3n) is 4.13. The van der Waals surface area contributed by atoms with Gasteiger partial charge in [0, 0.05) is 16.8 Å². The van der Waals surface area contributed by atoms with E-state index in [4.69, 9.17) is 5.73 Å². The molecule has 0 saturated heterocycles. The van der Waals surface area contributed by atoms with Gasteiger partial charge in [0.15, 0.2) is 0 Å². The predicted molar refractivity (Wildman–Crippen MR) is 72.0 cm³/mol. The highest BCUT2D eigenvalue weighted by atomic mass is 32.1. The van der Waals surface area contributed by atoms with Gasteiger partial charge in [0.05, 0.1) is 0 Å². The largest absolute Gasteiger partial charge is 0.327 e. The standard InChI is InChI=1S/C14H23NS/c1-9(2)11-4-5-13(15)12(8-11)14-10(3)6-7-16-14/h6-7,9,11-13H,4-5,8,15H2,1-3H3. The van der Waals surface area contributed by atoms with E-state index in [9.17, 15) is 0 Å². The lowest BCUT2D eigenvalue weighted by Crippen LogP contribution is -2.35. The van der Waals surface area contributed by atoms with Gasteiger partial charge in [-0.1, -0.05) is 13.8 Å². The molecule has 1 heterocycles. The van der Waals surface area contributed by atoms with Gasteiger partial charge in [-0.15, -0.1) is 11.3 Å². The summed E-state index contributed by atoms with van der Waals surface area (Å²) in [5.41, 5.74) is 7.75. The summed E-state index contributed by atoms with van der Waals surface area (Å²) in [4.78, 5) is 1.54. The Labute approximate surface area is 103 Å². The van der Waals surface area contributed by atoms with E-state index < -0.39 is 0 Å². The summed E-state index contributed by atoms with van der Waals surface area (Å²) in [5.74, 6) is 2.28. The Morgan fingerprint density at radius 1 is 1.38 bits per heavy atom. The van der Waals surface area contributed by atoms with Crippen molar-refractivity contribution in [3.8, 4) is 0 Å². The van der Waals surface area contributed by atoms with Gasteiger partial charge in [-0.25, -0.2) is 0 Å². The molecule has 0 radical (unpaired) electrons. The predicted octanol–water partition coefficient (Wildman–Crippen LogP) is 3.92. The van der Waals surface area contributed by atoms with Crippen LogP contribution in [0.3, 0.4) is 0 Å². The van der Waals surface area contributed by atoms with Crippen molar-refractivity contribution >= 4 is 11.3 Å². The summed E-state index contributed by atoms with van der Waals surface area (Å²) < 4.78 is 0. The van der Waals surface area contributed by atoms with Gasteiger partial charge in [0.2, 0.25) is 0 Å². The summed E-state index contributed by atoms with van der Waals surface area (Å²) in [5, 5.41) is 2.20. The Balaban J connectivity index is 2.16. The zero-order valence-electron chi connectivity index (χ0n) is 10.6. The fourth-order valence-electron chi connectivity index (χ4n) is 2.90. The molecule has 1 fully saturated rings. The molecule has 2 heteroatoms. The molecule has 3 atom stereocenters. The maximum absolute atomic E-state index is 6.31. The van der Waals surface area contributed by atoms with E-state index in [0.29, 0.717) is 12.0 Å². The summed E-state index contributed by atoms with van der Waals surface area (Å²) in [6, 6.07) is 2.61. The van der Waals surface area contributed by atoms with Crippen LogP contribution in [-0.2, 0) is 0 Å². The summed E-state index contributed by atoms with van der Waals surface area (Å²) in [6.45, 7) is 6.91. The van der Waals surface area contributed by atoms with Crippen LogP contribution in [0.5, 0.6) is 0 Å². The normalized spacial score (nSPS) is 30.9. The van der Waals surface area contributed by atoms with Crippen molar-refractivity contribution in [2.75, 3.05) is 0 Å². The molecule has 0 bridgehead atoms. The topological polar surface area (TPSA) is 26.0 Å². The molecular weight excluding hydrogens is 214 g/mol. The molecule has 1 aromatic rings. The second kappa shape index (κ2) is 4.89. The zero-order chi connectivity index (χ0) is 11.7. The van der Waals surface area contributed by atoms with Gasteiger partial charge in [-0.2, -0.15) is 0 Å². The molecular formula is C14H23NS. The van der Waals surface area contributed by atoms with Crippen LogP contribution < -0.4 is 5.73 Å². The fourth-order valence-corrected chi connectivity index (χ4v) is 4.02. The number of hydrogen-bond donors (Lipinski definition) is 1. The first-order valence-electron chi connectivity index (χ1n) is 6.39. The SMILES string of the molecule is Cc1ccsc1C1CC(C(C)C)CCC1N. The van der Waals surface area contributed by atoms with Crippen molar-refractivity contribution in [3.63, 3.8) is 0 Å². The molecule has 3 unspecified atom stereocenters. The van der Waals surface area contributed by atoms with Gasteiger partial charge in [-0.3, -0.25) is 0 Å². The monoisotopic (exact) mass is 237 g/mol. The molecule has 1 aromatic heterocycles. The van der Waals surface area contributed by atoms with Gasteiger partial charge >= 0.3 is 0 Å². The first-order valence-corrected chi connectivity index (χ1v) is 7.27. The van der Waals surface area contributed by atoms with E-state index in [-0.39, 0.29) is 0 Å². The number of aryl methyl sites for hydroxylation is 1. The molecule has 0 spiro atoms. The molecule has 1 aliphatic carbocycles. The van der Waals surface area contributed by atoms with Crippen molar-refractivity contribution < 1.29 is 0 Å². The van der Waals surface area contributed by atoms with Crippen LogP contribution >= 0.6 is 11.3 Å². The first-order chi connectivity index (χ1) is 7.59. The van der Waals surface area contributed by atoms with E-state index >= 15 is 0 Å². The molecule has 0 aliphatic heterocycles. The van der Waals surface area contributed by atoms with E-state index in [1.54, 1.807) is 0 Å². The van der Waals surface area contributed by atoms with Crippen molar-refractivity contribution in [1.29, 1.82) is 0 Å². The second-order valence-corrected chi connectivity index (χ2v) is 6.50. The third kappa shape index (κ3) is 2.33. The van der Waals surface area contributed by atoms with E-state index in [1.165, 1.54) is 29.7 Å². The Kier molecular flexibility index (Phi) is 3.70. The van der Waals surface area contributed by atoms with Crippen molar-refractivity contribution in [3.05, 3.63) is 21.9 Å². The molecule has 2 rings (SSSR count). The van der Waals surface area contributed by atoms with Crippen LogP contribution in [0.2, 0.25) is 0 Å². The van der Waals surface area contributed by atoms with Crippen LogP contribution in [0, 0.1) is 18.8 Å². The van der Waals surface area contributed by atoms with Gasteiger partial charge in [-0.05, 0) is 55.0 Å². The highest BCUT2D eigenvalue weighted by Crippen LogP contribution is 2.41. The molecule has 0 aromatic carbocycles. The van der Waals surface area contributed by atoms with Gasteiger partial charge in [0.1, 0.15) is 0 Å². The Morgan fingerprint density at radius 2 is 2.12 bits per heavy atom. The van der Waals surface area contributed by atoms with Crippen molar-refractivity contribution in [2.24, 2.45) is 17.6 Å². The minimum absolute atomic E-state index is 0.382. The molecule has 90 valence electrons. The average Bonchev–Trinajstić information content (AvgIpc) is 2.65. The summed E-state index contributed by atoms with van der Waals surface area (Å²) in [6.07, 6.45) is 3.81. The van der Waals surface area contributed by atoms with Crippen LogP contribution in [-0.4, -0.2) is 6.04 Å². The molecule has 2 N–H and O–H groups in total. The minimum atomic E-state index is 0.382. The zero-order valence-corrected chi connectivity index (χ0v) is 11.4. The number of rotatable bonds is 2. The van der Waals surface area contributed by atoms with Gasteiger partial charge < -0.3 is 5.73 Å². The van der Waals surface area contributed by atoms with Gasteiger partial charge in [0.25, 0.3) is 0 Å². The number of thiophene rings is 1. The van der Waals surface area contributed by atoms with E-state index in [1.807, 2.05) is 11.3 Å². The average molecular weight is 237 g/mol. The fraction of sp³-hybridized carbons (Fsp3) is 0.714. The number of hydrogen-bond acceptors (Lipinski definition) is 2. The maximum Gasteiger partial charge on any atom is 0.0121 e. The Bertz CT molecular complexity index is 342. The number of nitrogens with two attached hydrogens (primary N) is 1. The van der Waals surface area contributed by atoms with Crippen molar-refractivity contribution in [1.82, 2.24) is 0 Å². The maximum atomic E-state index is 6.31. The minimum Gasteiger partial charge on any atom is -0.327 e.